The van der Waals surface area contributed by atoms with Crippen LogP contribution in [-0.4, -0.2) is 15.0 Å². The van der Waals surface area contributed by atoms with Crippen LogP contribution in [0.4, 0.5) is 0 Å². The molecule has 21 heavy (non-hydrogen) atoms. The molecule has 0 aliphatic rings. The van der Waals surface area contributed by atoms with Gasteiger partial charge in [0.25, 0.3) is 0 Å². The van der Waals surface area contributed by atoms with Gasteiger partial charge in [-0.15, -0.1) is 0 Å². The van der Waals surface area contributed by atoms with Crippen LogP contribution in [0.2, 0.25) is 0 Å². The number of hydrogen-bond acceptors (Lipinski definition) is 2. The molecule has 4 nitrogen and oxygen atoms in total. The summed E-state index contributed by atoms with van der Waals surface area (Å²) in [7, 11) is 0. The summed E-state index contributed by atoms with van der Waals surface area (Å²) in [5.74, 6) is -0.193. The van der Waals surface area contributed by atoms with E-state index in [0.717, 1.165) is 16.8 Å². The van der Waals surface area contributed by atoms with Gasteiger partial charge in [0.05, 0.1) is 16.7 Å². The largest absolute Gasteiger partial charge is 0.340 e. The van der Waals surface area contributed by atoms with E-state index in [1.54, 1.807) is 17.6 Å². The van der Waals surface area contributed by atoms with Crippen molar-refractivity contribution >= 4 is 16.9 Å². The number of para-hydroxylation sites is 2. The van der Waals surface area contributed by atoms with Crippen molar-refractivity contribution in [2.75, 3.05) is 0 Å². The summed E-state index contributed by atoms with van der Waals surface area (Å²) in [4.78, 5) is 24.8. The highest BCUT2D eigenvalue weighted by atomic mass is 16.2. The fourth-order valence-corrected chi connectivity index (χ4v) is 2.49. The van der Waals surface area contributed by atoms with Gasteiger partial charge in [-0.2, -0.15) is 0 Å². The van der Waals surface area contributed by atoms with Crippen LogP contribution in [0.25, 0.3) is 16.7 Å². The second-order valence-electron chi connectivity index (χ2n) is 5.02. The Morgan fingerprint density at radius 3 is 2.24 bits per heavy atom. The number of rotatable bonds is 2. The summed E-state index contributed by atoms with van der Waals surface area (Å²) in [6.45, 7) is 3.75. The molecule has 2 aromatic carbocycles. The van der Waals surface area contributed by atoms with Crippen molar-refractivity contribution in [2.24, 2.45) is 0 Å². The minimum Gasteiger partial charge on any atom is -0.274 e. The highest BCUT2D eigenvalue weighted by Crippen LogP contribution is 2.18. The first-order valence-corrected chi connectivity index (χ1v) is 6.96. The standard InChI is InChI=1S/C17H16N2O2/c1-3-16(20)19-15-7-5-4-6-14(15)18(17(19)21)13-10-8-12(2)9-11-13/h4-11H,3H2,1-2H3. The van der Waals surface area contributed by atoms with Crippen molar-refractivity contribution in [1.82, 2.24) is 9.13 Å². The van der Waals surface area contributed by atoms with Crippen molar-refractivity contribution in [3.8, 4) is 5.69 Å². The Morgan fingerprint density at radius 2 is 1.62 bits per heavy atom. The Bertz CT molecular complexity index is 870. The molecule has 106 valence electrons. The fraction of sp³-hybridized carbons (Fsp3) is 0.176. The topological polar surface area (TPSA) is 44.0 Å². The molecule has 3 aromatic rings. The number of benzene rings is 2. The van der Waals surface area contributed by atoms with Gasteiger partial charge in [-0.3, -0.25) is 9.36 Å². The molecule has 0 saturated carbocycles. The number of hydrogen-bond donors (Lipinski definition) is 0. The third-order valence-electron chi connectivity index (χ3n) is 3.59. The zero-order valence-corrected chi connectivity index (χ0v) is 12.0. The van der Waals surface area contributed by atoms with E-state index >= 15 is 0 Å². The van der Waals surface area contributed by atoms with Gasteiger partial charge in [0, 0.05) is 6.42 Å². The van der Waals surface area contributed by atoms with Crippen LogP contribution in [0, 0.1) is 6.92 Å². The van der Waals surface area contributed by atoms with Crippen LogP contribution < -0.4 is 5.69 Å². The molecule has 0 amide bonds. The maximum absolute atomic E-state index is 12.7. The smallest absolute Gasteiger partial charge is 0.274 e. The Labute approximate surface area is 122 Å². The molecule has 0 radical (unpaired) electrons. The first-order valence-electron chi connectivity index (χ1n) is 6.96. The average Bonchev–Trinajstić information content (AvgIpc) is 2.80. The Kier molecular flexibility index (Phi) is 3.22. The number of carbonyl (C=O) groups is 1. The molecule has 0 aliphatic carbocycles. The molecule has 0 saturated heterocycles. The van der Waals surface area contributed by atoms with Gasteiger partial charge in [0.2, 0.25) is 5.91 Å². The molecule has 0 N–H and O–H groups in total. The van der Waals surface area contributed by atoms with Gasteiger partial charge in [0.1, 0.15) is 0 Å². The number of imidazole rings is 1. The van der Waals surface area contributed by atoms with Crippen LogP contribution in [-0.2, 0) is 0 Å². The summed E-state index contributed by atoms with van der Waals surface area (Å²) < 4.78 is 2.84. The van der Waals surface area contributed by atoms with Gasteiger partial charge >= 0.3 is 5.69 Å². The zero-order valence-electron chi connectivity index (χ0n) is 12.0. The summed E-state index contributed by atoms with van der Waals surface area (Å²) >= 11 is 0. The minimum absolute atomic E-state index is 0.193. The Morgan fingerprint density at radius 1 is 1.00 bits per heavy atom. The lowest BCUT2D eigenvalue weighted by atomic mass is 10.2. The van der Waals surface area contributed by atoms with E-state index in [1.807, 2.05) is 49.4 Å². The Hall–Kier alpha value is -2.62. The number of aryl methyl sites for hydroxylation is 1. The van der Waals surface area contributed by atoms with E-state index in [9.17, 15) is 9.59 Å². The third kappa shape index (κ3) is 2.09. The van der Waals surface area contributed by atoms with Crippen LogP contribution in [0.5, 0.6) is 0 Å². The molecule has 1 heterocycles. The maximum atomic E-state index is 12.7. The van der Waals surface area contributed by atoms with E-state index < -0.39 is 0 Å². The third-order valence-corrected chi connectivity index (χ3v) is 3.59. The highest BCUT2D eigenvalue weighted by Gasteiger charge is 2.17. The molecule has 0 unspecified atom stereocenters. The summed E-state index contributed by atoms with van der Waals surface area (Å²) in [5.41, 5.74) is 2.97. The van der Waals surface area contributed by atoms with Gasteiger partial charge in [0.15, 0.2) is 0 Å². The molecule has 3 rings (SSSR count). The molecule has 0 bridgehead atoms. The quantitative estimate of drug-likeness (QED) is 0.723. The van der Waals surface area contributed by atoms with E-state index in [0.29, 0.717) is 11.9 Å². The second kappa shape index (κ2) is 5.05. The molecule has 0 fully saturated rings. The lowest BCUT2D eigenvalue weighted by Gasteiger charge is -2.03. The Balaban J connectivity index is 2.38. The average molecular weight is 280 g/mol. The molecular weight excluding hydrogens is 264 g/mol. The van der Waals surface area contributed by atoms with Crippen LogP contribution in [0.3, 0.4) is 0 Å². The molecule has 0 spiro atoms. The van der Waals surface area contributed by atoms with E-state index in [1.165, 1.54) is 4.57 Å². The monoisotopic (exact) mass is 280 g/mol. The molecular formula is C17H16N2O2. The van der Waals surface area contributed by atoms with Gasteiger partial charge in [-0.1, -0.05) is 36.8 Å². The van der Waals surface area contributed by atoms with Crippen LogP contribution in [0.15, 0.2) is 53.3 Å². The lowest BCUT2D eigenvalue weighted by molar-refractivity contribution is 0.0909. The predicted octanol–water partition coefficient (Wildman–Crippen LogP) is 3.15. The molecule has 4 heteroatoms. The van der Waals surface area contributed by atoms with Crippen LogP contribution >= 0.6 is 0 Å². The van der Waals surface area contributed by atoms with E-state index in [2.05, 4.69) is 0 Å². The van der Waals surface area contributed by atoms with Crippen molar-refractivity contribution in [3.63, 3.8) is 0 Å². The summed E-state index contributed by atoms with van der Waals surface area (Å²) in [6, 6.07) is 15.1. The number of nitrogens with zero attached hydrogens (tertiary/aromatic N) is 2. The first kappa shape index (κ1) is 13.4. The molecule has 0 atom stereocenters. The normalized spacial score (nSPS) is 11.0. The fourth-order valence-electron chi connectivity index (χ4n) is 2.49. The molecule has 0 aliphatic heterocycles. The van der Waals surface area contributed by atoms with E-state index in [-0.39, 0.29) is 11.6 Å². The van der Waals surface area contributed by atoms with Gasteiger partial charge < -0.3 is 0 Å². The molecule has 1 aromatic heterocycles. The first-order chi connectivity index (χ1) is 10.1. The van der Waals surface area contributed by atoms with Crippen molar-refractivity contribution in [3.05, 3.63) is 64.6 Å². The van der Waals surface area contributed by atoms with Gasteiger partial charge in [-0.05, 0) is 31.2 Å². The second-order valence-corrected chi connectivity index (χ2v) is 5.02. The minimum atomic E-state index is -0.313. The van der Waals surface area contributed by atoms with E-state index in [4.69, 9.17) is 0 Å². The number of fused-ring (bicyclic) bond motifs is 1. The van der Waals surface area contributed by atoms with Crippen LogP contribution in [0.1, 0.15) is 23.7 Å². The predicted molar refractivity (Wildman–Crippen MR) is 83.2 cm³/mol. The van der Waals surface area contributed by atoms with Crippen molar-refractivity contribution in [1.29, 1.82) is 0 Å². The van der Waals surface area contributed by atoms with Crippen molar-refractivity contribution in [2.45, 2.75) is 20.3 Å². The SMILES string of the molecule is CCC(=O)n1c(=O)n(-c2ccc(C)cc2)c2ccccc21. The highest BCUT2D eigenvalue weighted by molar-refractivity contribution is 5.91. The lowest BCUT2D eigenvalue weighted by Crippen LogP contribution is -2.27. The number of carbonyl (C=O) groups excluding carboxylic acids is 1. The number of aromatic nitrogens is 2. The maximum Gasteiger partial charge on any atom is 0.340 e. The summed E-state index contributed by atoms with van der Waals surface area (Å²) in [6.07, 6.45) is 0.293. The summed E-state index contributed by atoms with van der Waals surface area (Å²) in [5, 5.41) is 0. The van der Waals surface area contributed by atoms with Gasteiger partial charge in [-0.25, -0.2) is 9.36 Å². The van der Waals surface area contributed by atoms with Crippen molar-refractivity contribution < 1.29 is 4.79 Å². The zero-order chi connectivity index (χ0) is 15.0.